The predicted octanol–water partition coefficient (Wildman–Crippen LogP) is 2.38. The van der Waals surface area contributed by atoms with Crippen LogP contribution in [0.1, 0.15) is 26.2 Å². The lowest BCUT2D eigenvalue weighted by atomic mass is 10.1. The van der Waals surface area contributed by atoms with Crippen molar-refractivity contribution in [1.82, 2.24) is 9.88 Å². The largest absolute Gasteiger partial charge is 0.480 e. The Hall–Kier alpha value is -1.29. The van der Waals surface area contributed by atoms with Crippen molar-refractivity contribution >= 4 is 5.69 Å². The molecule has 1 aliphatic rings. The van der Waals surface area contributed by atoms with Crippen LogP contribution in [0.25, 0.3) is 0 Å². The van der Waals surface area contributed by atoms with E-state index in [2.05, 4.69) is 22.1 Å². The summed E-state index contributed by atoms with van der Waals surface area (Å²) in [7, 11) is 1.67. The highest BCUT2D eigenvalue weighted by Gasteiger charge is 2.17. The lowest BCUT2D eigenvalue weighted by Gasteiger charge is -2.20. The molecule has 100 valence electrons. The topological polar surface area (TPSA) is 37.4 Å². The average molecular weight is 249 g/mol. The number of anilines is 1. The van der Waals surface area contributed by atoms with E-state index in [0.29, 0.717) is 11.9 Å². The molecule has 0 bridgehead atoms. The molecule has 0 aromatic carbocycles. The molecule has 4 nitrogen and oxygen atoms in total. The first-order valence-electron chi connectivity index (χ1n) is 6.81. The minimum atomic E-state index is 0.527. The van der Waals surface area contributed by atoms with Crippen LogP contribution in [0, 0.1) is 0 Å². The Kier molecular flexibility index (Phi) is 4.81. The van der Waals surface area contributed by atoms with Crippen LogP contribution in [0.5, 0.6) is 5.88 Å². The molecule has 0 spiro atoms. The van der Waals surface area contributed by atoms with E-state index in [1.807, 2.05) is 12.1 Å². The molecule has 1 aromatic rings. The van der Waals surface area contributed by atoms with E-state index in [9.17, 15) is 0 Å². The molecule has 1 saturated heterocycles. The van der Waals surface area contributed by atoms with Gasteiger partial charge in [-0.2, -0.15) is 0 Å². The molecule has 1 aliphatic heterocycles. The van der Waals surface area contributed by atoms with Crippen LogP contribution < -0.4 is 10.1 Å². The van der Waals surface area contributed by atoms with Gasteiger partial charge in [0.15, 0.2) is 0 Å². The SMILES string of the molecule is CCN1CCCC(Nc2cccnc2OC)CC1. The number of pyridine rings is 1. The molecular weight excluding hydrogens is 226 g/mol. The number of likely N-dealkylation sites (tertiary alicyclic amines) is 1. The van der Waals surface area contributed by atoms with Crippen LogP contribution in [0.15, 0.2) is 18.3 Å². The van der Waals surface area contributed by atoms with E-state index in [0.717, 1.165) is 12.2 Å². The van der Waals surface area contributed by atoms with Crippen LogP contribution in [0.2, 0.25) is 0 Å². The highest BCUT2D eigenvalue weighted by molar-refractivity contribution is 5.52. The Morgan fingerprint density at radius 2 is 2.33 bits per heavy atom. The lowest BCUT2D eigenvalue weighted by molar-refractivity contribution is 0.300. The Morgan fingerprint density at radius 3 is 3.11 bits per heavy atom. The van der Waals surface area contributed by atoms with Gasteiger partial charge in [-0.25, -0.2) is 4.98 Å². The van der Waals surface area contributed by atoms with Crippen LogP contribution in [0.3, 0.4) is 0 Å². The van der Waals surface area contributed by atoms with Crippen molar-refractivity contribution in [3.63, 3.8) is 0 Å². The number of hydrogen-bond donors (Lipinski definition) is 1. The van der Waals surface area contributed by atoms with E-state index in [4.69, 9.17) is 4.74 Å². The molecule has 0 aliphatic carbocycles. The summed E-state index contributed by atoms with van der Waals surface area (Å²) in [6, 6.07) is 4.51. The summed E-state index contributed by atoms with van der Waals surface area (Å²) in [4.78, 5) is 6.74. The minimum Gasteiger partial charge on any atom is -0.480 e. The number of aromatic nitrogens is 1. The van der Waals surface area contributed by atoms with Gasteiger partial charge in [-0.05, 0) is 44.5 Å². The summed E-state index contributed by atoms with van der Waals surface area (Å²) in [6.07, 6.45) is 5.42. The van der Waals surface area contributed by atoms with Crippen molar-refractivity contribution in [2.45, 2.75) is 32.2 Å². The zero-order valence-electron chi connectivity index (χ0n) is 11.4. The second kappa shape index (κ2) is 6.59. The summed E-state index contributed by atoms with van der Waals surface area (Å²) in [5.74, 6) is 0.689. The summed E-state index contributed by atoms with van der Waals surface area (Å²) in [5.41, 5.74) is 1.01. The monoisotopic (exact) mass is 249 g/mol. The van der Waals surface area contributed by atoms with Crippen molar-refractivity contribution in [3.8, 4) is 5.88 Å². The molecule has 1 unspecified atom stereocenters. The molecule has 2 rings (SSSR count). The zero-order valence-corrected chi connectivity index (χ0v) is 11.4. The Bertz CT molecular complexity index is 370. The quantitative estimate of drug-likeness (QED) is 0.889. The summed E-state index contributed by atoms with van der Waals surface area (Å²) in [5, 5.41) is 3.57. The second-order valence-corrected chi connectivity index (χ2v) is 4.77. The standard InChI is InChI=1S/C14H23N3O/c1-3-17-10-5-6-12(8-11-17)16-13-7-4-9-15-14(13)18-2/h4,7,9,12,16H,3,5-6,8,10-11H2,1-2H3. The minimum absolute atomic E-state index is 0.527. The van der Waals surface area contributed by atoms with Crippen molar-refractivity contribution in [3.05, 3.63) is 18.3 Å². The third-order valence-corrected chi connectivity index (χ3v) is 3.59. The molecule has 2 heterocycles. The van der Waals surface area contributed by atoms with Gasteiger partial charge in [0.05, 0.1) is 12.8 Å². The highest BCUT2D eigenvalue weighted by atomic mass is 16.5. The molecule has 1 fully saturated rings. The van der Waals surface area contributed by atoms with Crippen LogP contribution in [-0.2, 0) is 0 Å². The summed E-state index contributed by atoms with van der Waals surface area (Å²) < 4.78 is 5.28. The zero-order chi connectivity index (χ0) is 12.8. The van der Waals surface area contributed by atoms with Gasteiger partial charge in [-0.15, -0.1) is 0 Å². The van der Waals surface area contributed by atoms with Crippen molar-refractivity contribution in [2.75, 3.05) is 32.1 Å². The first kappa shape index (κ1) is 13.1. The summed E-state index contributed by atoms with van der Waals surface area (Å²) >= 11 is 0. The normalized spacial score (nSPS) is 21.3. The summed E-state index contributed by atoms with van der Waals surface area (Å²) in [6.45, 7) is 5.79. The molecule has 0 amide bonds. The van der Waals surface area contributed by atoms with Crippen LogP contribution in [0.4, 0.5) is 5.69 Å². The number of ether oxygens (including phenoxy) is 1. The number of methoxy groups -OCH3 is 1. The highest BCUT2D eigenvalue weighted by Crippen LogP contribution is 2.23. The van der Waals surface area contributed by atoms with Crippen molar-refractivity contribution in [1.29, 1.82) is 0 Å². The lowest BCUT2D eigenvalue weighted by Crippen LogP contribution is -2.26. The number of nitrogens with zero attached hydrogens (tertiary/aromatic N) is 2. The molecular formula is C14H23N3O. The van der Waals surface area contributed by atoms with Gasteiger partial charge in [0.1, 0.15) is 0 Å². The molecule has 0 radical (unpaired) electrons. The molecule has 18 heavy (non-hydrogen) atoms. The van der Waals surface area contributed by atoms with Gasteiger partial charge < -0.3 is 15.0 Å². The van der Waals surface area contributed by atoms with E-state index >= 15 is 0 Å². The molecule has 1 atom stereocenters. The maximum atomic E-state index is 5.28. The first-order valence-corrected chi connectivity index (χ1v) is 6.81. The first-order chi connectivity index (χ1) is 8.83. The van der Waals surface area contributed by atoms with E-state index in [1.54, 1.807) is 13.3 Å². The fourth-order valence-electron chi connectivity index (χ4n) is 2.50. The maximum absolute atomic E-state index is 5.28. The Balaban J connectivity index is 1.96. The average Bonchev–Trinajstić information content (AvgIpc) is 2.64. The number of nitrogens with one attached hydrogen (secondary N) is 1. The van der Waals surface area contributed by atoms with Crippen molar-refractivity contribution in [2.24, 2.45) is 0 Å². The molecule has 1 N–H and O–H groups in total. The van der Waals surface area contributed by atoms with E-state index in [-0.39, 0.29) is 0 Å². The van der Waals surface area contributed by atoms with Crippen LogP contribution >= 0.6 is 0 Å². The third-order valence-electron chi connectivity index (χ3n) is 3.59. The number of rotatable bonds is 4. The predicted molar refractivity (Wildman–Crippen MR) is 74.2 cm³/mol. The third kappa shape index (κ3) is 3.35. The fraction of sp³-hybridized carbons (Fsp3) is 0.643. The van der Waals surface area contributed by atoms with Gasteiger partial charge in [-0.3, -0.25) is 0 Å². The van der Waals surface area contributed by atoms with Gasteiger partial charge in [0, 0.05) is 18.8 Å². The number of hydrogen-bond acceptors (Lipinski definition) is 4. The molecule has 0 saturated carbocycles. The Labute approximate surface area is 109 Å². The van der Waals surface area contributed by atoms with Crippen molar-refractivity contribution < 1.29 is 4.74 Å². The molecule has 4 heteroatoms. The van der Waals surface area contributed by atoms with Gasteiger partial charge in [-0.1, -0.05) is 6.92 Å². The van der Waals surface area contributed by atoms with Gasteiger partial charge in [0.25, 0.3) is 0 Å². The van der Waals surface area contributed by atoms with E-state index < -0.39 is 0 Å². The second-order valence-electron chi connectivity index (χ2n) is 4.77. The smallest absolute Gasteiger partial charge is 0.237 e. The molecule has 1 aromatic heterocycles. The van der Waals surface area contributed by atoms with Crippen LogP contribution in [-0.4, -0.2) is 42.7 Å². The Morgan fingerprint density at radius 1 is 1.44 bits per heavy atom. The van der Waals surface area contributed by atoms with Gasteiger partial charge >= 0.3 is 0 Å². The fourth-order valence-corrected chi connectivity index (χ4v) is 2.50. The van der Waals surface area contributed by atoms with Gasteiger partial charge in [0.2, 0.25) is 5.88 Å². The van der Waals surface area contributed by atoms with E-state index in [1.165, 1.54) is 32.4 Å². The maximum Gasteiger partial charge on any atom is 0.237 e.